The summed E-state index contributed by atoms with van der Waals surface area (Å²) < 4.78 is 0. The molecule has 3 amide bonds. The number of carbonyl (C=O) groups excluding carboxylic acids is 4. The standard InChI is InChI=1S/C26H24Cl2N2O4/c1-3-21(23(31)16-9-5-4-6-10-16)29(24(32)17-12-13-19(27)20(28)14-17)30-25(33)18-11-7-8-15(2)22(18)26(30)34/h4-10,12-15,18,21-22H,3,11H2,1-2H3/t15-,18+,21+,22+/m0/s1. The van der Waals surface area contributed by atoms with Gasteiger partial charge in [0.05, 0.1) is 21.9 Å². The molecule has 1 fully saturated rings. The minimum Gasteiger partial charge on any atom is -0.292 e. The van der Waals surface area contributed by atoms with Crippen LogP contribution in [-0.4, -0.2) is 39.6 Å². The molecule has 2 aromatic rings. The lowest BCUT2D eigenvalue weighted by molar-refractivity contribution is -0.156. The van der Waals surface area contributed by atoms with Crippen LogP contribution in [0.2, 0.25) is 10.0 Å². The summed E-state index contributed by atoms with van der Waals surface area (Å²) in [6.07, 6.45) is 4.40. The van der Waals surface area contributed by atoms with E-state index in [1.54, 1.807) is 37.3 Å². The molecule has 0 unspecified atom stereocenters. The van der Waals surface area contributed by atoms with Gasteiger partial charge in [-0.05, 0) is 37.0 Å². The molecule has 0 bridgehead atoms. The van der Waals surface area contributed by atoms with Gasteiger partial charge in [-0.25, -0.2) is 5.01 Å². The Kier molecular flexibility index (Phi) is 6.91. The zero-order valence-electron chi connectivity index (χ0n) is 18.8. The van der Waals surface area contributed by atoms with Crippen molar-refractivity contribution in [3.63, 3.8) is 0 Å². The summed E-state index contributed by atoms with van der Waals surface area (Å²) in [5.41, 5.74) is 0.503. The molecule has 0 saturated carbocycles. The van der Waals surface area contributed by atoms with E-state index in [0.29, 0.717) is 12.0 Å². The second-order valence-corrected chi connectivity index (χ2v) is 9.39. The van der Waals surface area contributed by atoms with Gasteiger partial charge in [0.15, 0.2) is 5.78 Å². The number of Topliss-reactive ketones (excluding diaryl/α,β-unsaturated/α-hetero) is 1. The number of carbonyl (C=O) groups is 4. The summed E-state index contributed by atoms with van der Waals surface area (Å²) in [6, 6.07) is 11.8. The predicted molar refractivity (Wildman–Crippen MR) is 129 cm³/mol. The first-order chi connectivity index (χ1) is 16.3. The molecule has 2 aliphatic rings. The van der Waals surface area contributed by atoms with Gasteiger partial charge >= 0.3 is 0 Å². The maximum absolute atomic E-state index is 13.8. The highest BCUT2D eigenvalue weighted by atomic mass is 35.5. The summed E-state index contributed by atoms with van der Waals surface area (Å²) in [4.78, 5) is 54.4. The first-order valence-electron chi connectivity index (χ1n) is 11.2. The van der Waals surface area contributed by atoms with Gasteiger partial charge in [0.1, 0.15) is 6.04 Å². The molecule has 1 heterocycles. The Morgan fingerprint density at radius 2 is 1.74 bits per heavy atom. The second kappa shape index (κ2) is 9.72. The molecule has 2 aromatic carbocycles. The minimum atomic E-state index is -1.07. The lowest BCUT2D eigenvalue weighted by atomic mass is 9.78. The van der Waals surface area contributed by atoms with E-state index in [0.717, 1.165) is 10.0 Å². The lowest BCUT2D eigenvalue weighted by Crippen LogP contribution is -2.57. The molecule has 0 radical (unpaired) electrons. The van der Waals surface area contributed by atoms with E-state index in [4.69, 9.17) is 23.2 Å². The molecule has 1 saturated heterocycles. The quantitative estimate of drug-likeness (QED) is 0.311. The summed E-state index contributed by atoms with van der Waals surface area (Å²) in [7, 11) is 0. The number of hydrazine groups is 1. The van der Waals surface area contributed by atoms with Crippen molar-refractivity contribution in [3.05, 3.63) is 81.9 Å². The molecule has 0 N–H and O–H groups in total. The number of benzene rings is 2. The van der Waals surface area contributed by atoms with Crippen molar-refractivity contribution in [1.82, 2.24) is 10.0 Å². The number of fused-ring (bicyclic) bond motifs is 1. The van der Waals surface area contributed by atoms with Crippen LogP contribution in [0.25, 0.3) is 0 Å². The number of rotatable bonds is 6. The van der Waals surface area contributed by atoms with Gasteiger partial charge in [0, 0.05) is 11.1 Å². The van der Waals surface area contributed by atoms with Crippen molar-refractivity contribution in [1.29, 1.82) is 0 Å². The highest BCUT2D eigenvalue weighted by Crippen LogP contribution is 2.40. The third-order valence-electron chi connectivity index (χ3n) is 6.48. The zero-order valence-corrected chi connectivity index (χ0v) is 20.3. The average molecular weight is 499 g/mol. The van der Waals surface area contributed by atoms with Crippen molar-refractivity contribution in [2.75, 3.05) is 0 Å². The SMILES string of the molecule is CC[C@H](C(=O)c1ccccc1)N(C(=O)c1ccc(Cl)c(Cl)c1)N1C(=O)[C@@H]2[C@@H](C)C=CC[C@H]2C1=O. The van der Waals surface area contributed by atoms with Crippen molar-refractivity contribution in [2.45, 2.75) is 32.7 Å². The van der Waals surface area contributed by atoms with E-state index in [9.17, 15) is 19.2 Å². The molecular weight excluding hydrogens is 475 g/mol. The number of hydrogen-bond acceptors (Lipinski definition) is 4. The van der Waals surface area contributed by atoms with E-state index < -0.39 is 35.6 Å². The number of halogens is 2. The van der Waals surface area contributed by atoms with Crippen molar-refractivity contribution in [2.24, 2.45) is 17.8 Å². The molecule has 4 rings (SSSR count). The highest BCUT2D eigenvalue weighted by molar-refractivity contribution is 6.42. The Morgan fingerprint density at radius 3 is 2.35 bits per heavy atom. The van der Waals surface area contributed by atoms with Crippen molar-refractivity contribution < 1.29 is 19.2 Å². The minimum absolute atomic E-state index is 0.121. The Hall–Kier alpha value is -2.96. The monoisotopic (exact) mass is 498 g/mol. The number of nitrogens with zero attached hydrogens (tertiary/aromatic N) is 2. The van der Waals surface area contributed by atoms with Gasteiger partial charge in [-0.2, -0.15) is 5.01 Å². The van der Waals surface area contributed by atoms with Crippen LogP contribution in [0.15, 0.2) is 60.7 Å². The van der Waals surface area contributed by atoms with Crippen LogP contribution in [0.3, 0.4) is 0 Å². The van der Waals surface area contributed by atoms with E-state index in [-0.39, 0.29) is 33.7 Å². The van der Waals surface area contributed by atoms with Gasteiger partial charge in [-0.3, -0.25) is 19.2 Å². The highest BCUT2D eigenvalue weighted by Gasteiger charge is 2.54. The topological polar surface area (TPSA) is 74.8 Å². The number of hydrogen-bond donors (Lipinski definition) is 0. The summed E-state index contributed by atoms with van der Waals surface area (Å²) >= 11 is 12.2. The molecule has 0 aromatic heterocycles. The number of imide groups is 1. The number of allylic oxidation sites excluding steroid dienone is 2. The normalized spacial score (nSPS) is 22.5. The van der Waals surface area contributed by atoms with Gasteiger partial charge in [0.2, 0.25) is 0 Å². The predicted octanol–water partition coefficient (Wildman–Crippen LogP) is 5.21. The number of amides is 3. The van der Waals surface area contributed by atoms with Crippen LogP contribution in [0, 0.1) is 17.8 Å². The molecule has 176 valence electrons. The van der Waals surface area contributed by atoms with Crippen LogP contribution in [0.5, 0.6) is 0 Å². The van der Waals surface area contributed by atoms with E-state index in [1.165, 1.54) is 18.2 Å². The van der Waals surface area contributed by atoms with Crippen molar-refractivity contribution in [3.8, 4) is 0 Å². The molecular formula is C26H24Cl2N2O4. The van der Waals surface area contributed by atoms with E-state index in [1.807, 2.05) is 19.1 Å². The molecule has 1 aliphatic heterocycles. The molecule has 1 aliphatic carbocycles. The largest absolute Gasteiger partial charge is 0.292 e. The third-order valence-corrected chi connectivity index (χ3v) is 7.22. The first kappa shape index (κ1) is 24.2. The van der Waals surface area contributed by atoms with Crippen LogP contribution in [0.1, 0.15) is 47.4 Å². The summed E-state index contributed by atoms with van der Waals surface area (Å²) in [6.45, 7) is 3.61. The molecule has 0 spiro atoms. The lowest BCUT2D eigenvalue weighted by Gasteiger charge is -2.36. The van der Waals surface area contributed by atoms with Gasteiger partial charge in [-0.15, -0.1) is 0 Å². The fraction of sp³-hybridized carbons (Fsp3) is 0.308. The fourth-order valence-electron chi connectivity index (χ4n) is 4.74. The van der Waals surface area contributed by atoms with E-state index >= 15 is 0 Å². The van der Waals surface area contributed by atoms with Gasteiger partial charge < -0.3 is 0 Å². The van der Waals surface area contributed by atoms with Crippen LogP contribution < -0.4 is 0 Å². The summed E-state index contributed by atoms with van der Waals surface area (Å²) in [5, 5.41) is 2.35. The molecule has 4 atom stereocenters. The smallest absolute Gasteiger partial charge is 0.273 e. The summed E-state index contributed by atoms with van der Waals surface area (Å²) in [5.74, 6) is -3.29. The Labute approximate surface area is 208 Å². The van der Waals surface area contributed by atoms with Crippen molar-refractivity contribution >= 4 is 46.7 Å². The third kappa shape index (κ3) is 4.17. The van der Waals surface area contributed by atoms with Crippen LogP contribution in [-0.2, 0) is 9.59 Å². The maximum atomic E-state index is 13.8. The average Bonchev–Trinajstić information content (AvgIpc) is 3.09. The van der Waals surface area contributed by atoms with Gasteiger partial charge in [-0.1, -0.05) is 79.5 Å². The molecule has 6 nitrogen and oxygen atoms in total. The maximum Gasteiger partial charge on any atom is 0.273 e. The first-order valence-corrected chi connectivity index (χ1v) is 11.9. The number of ketones is 1. The Balaban J connectivity index is 1.81. The Bertz CT molecular complexity index is 1180. The Morgan fingerprint density at radius 1 is 1.03 bits per heavy atom. The zero-order chi connectivity index (χ0) is 24.6. The fourth-order valence-corrected chi connectivity index (χ4v) is 5.04. The molecule has 34 heavy (non-hydrogen) atoms. The van der Waals surface area contributed by atoms with E-state index in [2.05, 4.69) is 0 Å². The van der Waals surface area contributed by atoms with Crippen LogP contribution >= 0.6 is 23.2 Å². The van der Waals surface area contributed by atoms with Gasteiger partial charge in [0.25, 0.3) is 17.7 Å². The van der Waals surface area contributed by atoms with Crippen LogP contribution in [0.4, 0.5) is 0 Å². The second-order valence-electron chi connectivity index (χ2n) is 8.58. The molecule has 8 heteroatoms.